The van der Waals surface area contributed by atoms with E-state index in [4.69, 9.17) is 9.47 Å². The lowest BCUT2D eigenvalue weighted by molar-refractivity contribution is -0.131. The van der Waals surface area contributed by atoms with Crippen molar-refractivity contribution in [3.8, 4) is 5.75 Å². The molecule has 2 aromatic rings. The van der Waals surface area contributed by atoms with Crippen LogP contribution in [0.3, 0.4) is 0 Å². The smallest absolute Gasteiger partial charge is 0.338 e. The van der Waals surface area contributed by atoms with Crippen molar-refractivity contribution >= 4 is 22.7 Å². The average Bonchev–Trinajstić information content (AvgIpc) is 2.39. The second-order valence-electron chi connectivity index (χ2n) is 4.49. The van der Waals surface area contributed by atoms with Crippen LogP contribution in [0.4, 0.5) is 0 Å². The molecule has 0 N–H and O–H groups in total. The quantitative estimate of drug-likeness (QED) is 0.635. The Kier molecular flexibility index (Phi) is 4.03. The number of fused-ring (bicyclic) bond motifs is 1. The molecule has 0 fully saturated rings. The summed E-state index contributed by atoms with van der Waals surface area (Å²) in [5.41, 5.74) is 1.35. The Morgan fingerprint density at radius 3 is 2.50 bits per heavy atom. The Morgan fingerprint density at radius 2 is 1.85 bits per heavy atom. The minimum absolute atomic E-state index is 0.337. The molecule has 4 nitrogen and oxygen atoms in total. The van der Waals surface area contributed by atoms with Gasteiger partial charge in [0.1, 0.15) is 5.75 Å². The highest BCUT2D eigenvalue weighted by Crippen LogP contribution is 2.26. The van der Waals surface area contributed by atoms with Gasteiger partial charge in [0.2, 0.25) is 0 Å². The van der Waals surface area contributed by atoms with Gasteiger partial charge in [-0.25, -0.2) is 4.79 Å². The van der Waals surface area contributed by atoms with Gasteiger partial charge in [-0.1, -0.05) is 6.07 Å². The maximum absolute atomic E-state index is 11.7. The van der Waals surface area contributed by atoms with Crippen molar-refractivity contribution in [2.75, 3.05) is 6.61 Å². The van der Waals surface area contributed by atoms with Crippen LogP contribution >= 0.6 is 0 Å². The largest absolute Gasteiger partial charge is 0.462 e. The molecule has 2 aromatic carbocycles. The normalized spacial score (nSPS) is 10.3. The molecule has 0 saturated heterocycles. The minimum Gasteiger partial charge on any atom is -0.462 e. The van der Waals surface area contributed by atoms with Crippen LogP contribution in [0.1, 0.15) is 29.8 Å². The number of carbonyl (C=O) groups is 2. The highest BCUT2D eigenvalue weighted by Gasteiger charge is 2.09. The third kappa shape index (κ3) is 2.96. The fourth-order valence-electron chi connectivity index (χ4n) is 2.00. The first-order valence-corrected chi connectivity index (χ1v) is 6.41. The summed E-state index contributed by atoms with van der Waals surface area (Å²) < 4.78 is 10.1. The highest BCUT2D eigenvalue weighted by molar-refractivity contribution is 5.96. The molecule has 0 bridgehead atoms. The molecule has 0 amide bonds. The molecule has 0 saturated carbocycles. The minimum atomic E-state index is -0.351. The molecule has 0 heterocycles. The summed E-state index contributed by atoms with van der Waals surface area (Å²) >= 11 is 0. The van der Waals surface area contributed by atoms with Gasteiger partial charge in [0.15, 0.2) is 0 Å². The van der Waals surface area contributed by atoms with Gasteiger partial charge in [0, 0.05) is 6.92 Å². The summed E-state index contributed by atoms with van der Waals surface area (Å²) in [5, 5.41) is 1.81. The summed E-state index contributed by atoms with van der Waals surface area (Å²) in [6.45, 7) is 5.35. The van der Waals surface area contributed by atoms with Crippen molar-refractivity contribution in [3.63, 3.8) is 0 Å². The fourth-order valence-corrected chi connectivity index (χ4v) is 2.00. The molecule has 104 valence electrons. The second-order valence-corrected chi connectivity index (χ2v) is 4.49. The molecule has 0 radical (unpaired) electrons. The van der Waals surface area contributed by atoms with E-state index in [2.05, 4.69) is 0 Å². The van der Waals surface area contributed by atoms with E-state index in [1.165, 1.54) is 6.92 Å². The monoisotopic (exact) mass is 272 g/mol. The van der Waals surface area contributed by atoms with E-state index >= 15 is 0 Å². The second kappa shape index (κ2) is 5.74. The number of hydrogen-bond donors (Lipinski definition) is 0. The number of aryl methyl sites for hydroxylation is 1. The molecule has 0 atom stereocenters. The zero-order chi connectivity index (χ0) is 14.7. The summed E-state index contributed by atoms with van der Waals surface area (Å²) in [4.78, 5) is 22.7. The van der Waals surface area contributed by atoms with Crippen molar-refractivity contribution in [3.05, 3.63) is 41.5 Å². The summed E-state index contributed by atoms with van der Waals surface area (Å²) in [6, 6.07) is 8.97. The van der Waals surface area contributed by atoms with Gasteiger partial charge >= 0.3 is 11.9 Å². The van der Waals surface area contributed by atoms with E-state index in [0.29, 0.717) is 17.9 Å². The number of benzene rings is 2. The van der Waals surface area contributed by atoms with E-state index in [-0.39, 0.29) is 11.9 Å². The fraction of sp³-hybridized carbons (Fsp3) is 0.250. The van der Waals surface area contributed by atoms with E-state index in [1.54, 1.807) is 25.1 Å². The van der Waals surface area contributed by atoms with Gasteiger partial charge in [-0.15, -0.1) is 0 Å². The Balaban J connectivity index is 2.44. The van der Waals surface area contributed by atoms with Crippen LogP contribution in [0.25, 0.3) is 10.8 Å². The number of esters is 2. The molecule has 20 heavy (non-hydrogen) atoms. The van der Waals surface area contributed by atoms with Crippen LogP contribution in [0, 0.1) is 6.92 Å². The Labute approximate surface area is 117 Å². The number of ether oxygens (including phenoxy) is 2. The third-order valence-corrected chi connectivity index (χ3v) is 2.90. The average molecular weight is 272 g/mol. The standard InChI is InChI=1S/C16H16O4/c1-4-19-16(18)13-6-5-12-9-15(20-11(3)17)10(2)7-14(12)8-13/h5-9H,4H2,1-3H3. The SMILES string of the molecule is CCOC(=O)c1ccc2cc(OC(C)=O)c(C)cc2c1. The molecular weight excluding hydrogens is 256 g/mol. The summed E-state index contributed by atoms with van der Waals surface area (Å²) in [5.74, 6) is -0.152. The summed E-state index contributed by atoms with van der Waals surface area (Å²) in [7, 11) is 0. The lowest BCUT2D eigenvalue weighted by atomic mass is 10.0. The first-order chi connectivity index (χ1) is 9.51. The molecule has 0 unspecified atom stereocenters. The molecule has 0 aromatic heterocycles. The molecular formula is C16H16O4. The predicted molar refractivity (Wildman–Crippen MR) is 76.0 cm³/mol. The Morgan fingerprint density at radius 1 is 1.10 bits per heavy atom. The van der Waals surface area contributed by atoms with Crippen LogP contribution in [-0.4, -0.2) is 18.5 Å². The van der Waals surface area contributed by atoms with Crippen molar-refractivity contribution < 1.29 is 19.1 Å². The summed E-state index contributed by atoms with van der Waals surface area (Å²) in [6.07, 6.45) is 0. The van der Waals surface area contributed by atoms with Gasteiger partial charge in [-0.05, 0) is 54.4 Å². The molecule has 0 aliphatic carbocycles. The lowest BCUT2D eigenvalue weighted by Gasteiger charge is -2.09. The molecule has 0 aliphatic rings. The van der Waals surface area contributed by atoms with Gasteiger partial charge < -0.3 is 9.47 Å². The third-order valence-electron chi connectivity index (χ3n) is 2.90. The zero-order valence-electron chi connectivity index (χ0n) is 11.7. The Bertz CT molecular complexity index is 673. The molecule has 0 aliphatic heterocycles. The predicted octanol–water partition coefficient (Wildman–Crippen LogP) is 3.25. The molecule has 2 rings (SSSR count). The van der Waals surface area contributed by atoms with Crippen molar-refractivity contribution in [2.24, 2.45) is 0 Å². The van der Waals surface area contributed by atoms with Crippen LogP contribution in [0.5, 0.6) is 5.75 Å². The van der Waals surface area contributed by atoms with Crippen molar-refractivity contribution in [1.82, 2.24) is 0 Å². The van der Waals surface area contributed by atoms with E-state index in [1.807, 2.05) is 19.1 Å². The van der Waals surface area contributed by atoms with Gasteiger partial charge in [0.05, 0.1) is 12.2 Å². The van der Waals surface area contributed by atoms with Crippen LogP contribution in [0.15, 0.2) is 30.3 Å². The number of rotatable bonds is 3. The zero-order valence-corrected chi connectivity index (χ0v) is 11.7. The molecule has 4 heteroatoms. The lowest BCUT2D eigenvalue weighted by Crippen LogP contribution is -2.05. The van der Waals surface area contributed by atoms with Crippen molar-refractivity contribution in [1.29, 1.82) is 0 Å². The Hall–Kier alpha value is -2.36. The van der Waals surface area contributed by atoms with E-state index < -0.39 is 0 Å². The van der Waals surface area contributed by atoms with Crippen molar-refractivity contribution in [2.45, 2.75) is 20.8 Å². The van der Waals surface area contributed by atoms with Crippen LogP contribution in [0.2, 0.25) is 0 Å². The van der Waals surface area contributed by atoms with Gasteiger partial charge in [-0.2, -0.15) is 0 Å². The van der Waals surface area contributed by atoms with E-state index in [0.717, 1.165) is 16.3 Å². The van der Waals surface area contributed by atoms with Gasteiger partial charge in [-0.3, -0.25) is 4.79 Å². The molecule has 0 spiro atoms. The number of hydrogen-bond acceptors (Lipinski definition) is 4. The maximum Gasteiger partial charge on any atom is 0.338 e. The maximum atomic E-state index is 11.7. The first kappa shape index (κ1) is 14.1. The van der Waals surface area contributed by atoms with Crippen LogP contribution < -0.4 is 4.74 Å². The topological polar surface area (TPSA) is 52.6 Å². The van der Waals surface area contributed by atoms with Crippen LogP contribution in [-0.2, 0) is 9.53 Å². The first-order valence-electron chi connectivity index (χ1n) is 6.41. The highest BCUT2D eigenvalue weighted by atomic mass is 16.5. The van der Waals surface area contributed by atoms with Gasteiger partial charge in [0.25, 0.3) is 0 Å². The van der Waals surface area contributed by atoms with E-state index in [9.17, 15) is 9.59 Å². The number of carbonyl (C=O) groups excluding carboxylic acids is 2.